The van der Waals surface area contributed by atoms with Gasteiger partial charge in [0.05, 0.1) is 6.54 Å². The summed E-state index contributed by atoms with van der Waals surface area (Å²) in [5.74, 6) is -2.19. The number of furan rings is 1. The van der Waals surface area contributed by atoms with Gasteiger partial charge in [-0.2, -0.15) is 0 Å². The van der Waals surface area contributed by atoms with Gasteiger partial charge in [-0.15, -0.1) is 0 Å². The van der Waals surface area contributed by atoms with Crippen LogP contribution in [-0.2, 0) is 9.59 Å². The lowest BCUT2D eigenvalue weighted by atomic mass is 9.99. The van der Waals surface area contributed by atoms with Crippen LogP contribution in [0.5, 0.6) is 0 Å². The van der Waals surface area contributed by atoms with Crippen molar-refractivity contribution >= 4 is 33.7 Å². The first-order valence-electron chi connectivity index (χ1n) is 6.79. The van der Waals surface area contributed by atoms with Gasteiger partial charge in [0.25, 0.3) is 5.91 Å². The monoisotopic (exact) mass is 374 g/mol. The predicted molar refractivity (Wildman–Crippen MR) is 82.4 cm³/mol. The second-order valence-electron chi connectivity index (χ2n) is 5.03. The molecule has 0 aliphatic rings. The zero-order valence-electron chi connectivity index (χ0n) is 12.6. The molecule has 0 spiro atoms. The fourth-order valence-electron chi connectivity index (χ4n) is 1.81. The van der Waals surface area contributed by atoms with Crippen LogP contribution < -0.4 is 5.32 Å². The molecule has 1 aromatic rings. The van der Waals surface area contributed by atoms with E-state index < -0.39 is 23.8 Å². The number of rotatable bonds is 7. The maximum atomic E-state index is 12.0. The summed E-state index contributed by atoms with van der Waals surface area (Å²) >= 11 is 3.09. The summed E-state index contributed by atoms with van der Waals surface area (Å²) in [5, 5.41) is 11.6. The molecule has 0 saturated carbocycles. The normalized spacial score (nSPS) is 13.3. The molecule has 0 fully saturated rings. The van der Waals surface area contributed by atoms with Gasteiger partial charge in [-0.05, 0) is 34.0 Å². The van der Waals surface area contributed by atoms with E-state index in [1.807, 2.05) is 6.92 Å². The van der Waals surface area contributed by atoms with E-state index in [0.29, 0.717) is 11.1 Å². The molecule has 1 rings (SSSR count). The number of carboxylic acids is 1. The summed E-state index contributed by atoms with van der Waals surface area (Å²) in [5.41, 5.74) is 0. The number of hydrogen-bond donors (Lipinski definition) is 2. The molecule has 2 amide bonds. The maximum Gasteiger partial charge on any atom is 0.326 e. The Balaban J connectivity index is 2.63. The van der Waals surface area contributed by atoms with Crippen molar-refractivity contribution in [2.24, 2.45) is 5.92 Å². The minimum atomic E-state index is -1.09. The lowest BCUT2D eigenvalue weighted by molar-refractivity contribution is -0.143. The number of carboxylic acid groups (broad SMARTS) is 1. The molecule has 0 radical (unpaired) electrons. The van der Waals surface area contributed by atoms with Gasteiger partial charge >= 0.3 is 5.97 Å². The minimum absolute atomic E-state index is 0.0962. The summed E-state index contributed by atoms with van der Waals surface area (Å²) in [6.07, 6.45) is 0.617. The third kappa shape index (κ3) is 4.87. The zero-order valence-corrected chi connectivity index (χ0v) is 14.2. The number of carbonyl (C=O) groups is 3. The van der Waals surface area contributed by atoms with Crippen LogP contribution in [0, 0.1) is 5.92 Å². The lowest BCUT2D eigenvalue weighted by Gasteiger charge is -2.22. The van der Waals surface area contributed by atoms with Gasteiger partial charge < -0.3 is 19.7 Å². The van der Waals surface area contributed by atoms with Crippen LogP contribution in [0.25, 0.3) is 0 Å². The lowest BCUT2D eigenvalue weighted by Crippen LogP contribution is -2.48. The van der Waals surface area contributed by atoms with Crippen molar-refractivity contribution in [1.29, 1.82) is 0 Å². The highest BCUT2D eigenvalue weighted by Gasteiger charge is 2.26. The van der Waals surface area contributed by atoms with Crippen LogP contribution in [0.1, 0.15) is 30.8 Å². The summed E-state index contributed by atoms with van der Waals surface area (Å²) in [6.45, 7) is 3.34. The Morgan fingerprint density at radius 3 is 2.50 bits per heavy atom. The topological polar surface area (TPSA) is 99.9 Å². The van der Waals surface area contributed by atoms with E-state index in [4.69, 9.17) is 9.52 Å². The first kappa shape index (κ1) is 18.2. The molecule has 2 unspecified atom stereocenters. The van der Waals surface area contributed by atoms with E-state index in [1.165, 1.54) is 13.1 Å². The Morgan fingerprint density at radius 1 is 1.41 bits per heavy atom. The Bertz CT molecular complexity index is 557. The molecular formula is C14H19BrN2O5. The summed E-state index contributed by atoms with van der Waals surface area (Å²) in [4.78, 5) is 36.3. The smallest absolute Gasteiger partial charge is 0.326 e. The van der Waals surface area contributed by atoms with Crippen molar-refractivity contribution in [1.82, 2.24) is 10.2 Å². The minimum Gasteiger partial charge on any atom is -0.480 e. The van der Waals surface area contributed by atoms with Gasteiger partial charge in [0.15, 0.2) is 10.4 Å². The van der Waals surface area contributed by atoms with Crippen LogP contribution in [0.2, 0.25) is 0 Å². The highest BCUT2D eigenvalue weighted by Crippen LogP contribution is 2.15. The van der Waals surface area contributed by atoms with E-state index >= 15 is 0 Å². The quantitative estimate of drug-likeness (QED) is 0.756. The van der Waals surface area contributed by atoms with Gasteiger partial charge in [-0.25, -0.2) is 4.79 Å². The number of hydrogen-bond acceptors (Lipinski definition) is 4. The van der Waals surface area contributed by atoms with Crippen molar-refractivity contribution in [2.75, 3.05) is 13.6 Å². The second kappa shape index (κ2) is 7.98. The van der Waals surface area contributed by atoms with Gasteiger partial charge in [0.1, 0.15) is 6.04 Å². The number of nitrogens with zero attached hydrogens (tertiary/aromatic N) is 1. The first-order valence-corrected chi connectivity index (χ1v) is 7.58. The highest BCUT2D eigenvalue weighted by molar-refractivity contribution is 9.10. The van der Waals surface area contributed by atoms with Crippen LogP contribution in [0.4, 0.5) is 0 Å². The van der Waals surface area contributed by atoms with Crippen molar-refractivity contribution in [2.45, 2.75) is 26.3 Å². The van der Waals surface area contributed by atoms with Gasteiger partial charge in [-0.3, -0.25) is 9.59 Å². The third-order valence-electron chi connectivity index (χ3n) is 3.31. The molecule has 0 aliphatic carbocycles. The number of likely N-dealkylation sites (N-methyl/N-ethyl adjacent to an activating group) is 1. The van der Waals surface area contributed by atoms with Crippen molar-refractivity contribution in [3.63, 3.8) is 0 Å². The van der Waals surface area contributed by atoms with Crippen LogP contribution >= 0.6 is 15.9 Å². The van der Waals surface area contributed by atoms with Gasteiger partial charge in [0, 0.05) is 7.05 Å². The van der Waals surface area contributed by atoms with E-state index in [0.717, 1.165) is 4.90 Å². The third-order valence-corrected chi connectivity index (χ3v) is 3.73. The molecule has 22 heavy (non-hydrogen) atoms. The zero-order chi connectivity index (χ0) is 16.9. The molecule has 122 valence electrons. The average molecular weight is 375 g/mol. The van der Waals surface area contributed by atoms with Crippen LogP contribution in [0.15, 0.2) is 21.2 Å². The summed E-state index contributed by atoms with van der Waals surface area (Å²) in [7, 11) is 1.44. The molecule has 0 bridgehead atoms. The Hall–Kier alpha value is -1.83. The molecule has 2 atom stereocenters. The SMILES string of the molecule is CCC(C)C(NC(=O)CN(C)C(=O)c1ccc(Br)o1)C(=O)O. The average Bonchev–Trinajstić information content (AvgIpc) is 2.89. The number of aliphatic carboxylic acids is 1. The first-order chi connectivity index (χ1) is 10.3. The highest BCUT2D eigenvalue weighted by atomic mass is 79.9. The molecule has 7 nitrogen and oxygen atoms in total. The largest absolute Gasteiger partial charge is 0.480 e. The maximum absolute atomic E-state index is 12.0. The Labute approximate surface area is 136 Å². The molecule has 0 saturated heterocycles. The van der Waals surface area contributed by atoms with Crippen molar-refractivity contribution < 1.29 is 23.9 Å². The fourth-order valence-corrected chi connectivity index (χ4v) is 2.11. The van der Waals surface area contributed by atoms with E-state index in [9.17, 15) is 14.4 Å². The molecule has 0 aromatic carbocycles. The molecular weight excluding hydrogens is 356 g/mol. The van der Waals surface area contributed by atoms with Crippen molar-refractivity contribution in [3.05, 3.63) is 22.6 Å². The Morgan fingerprint density at radius 2 is 2.05 bits per heavy atom. The molecule has 8 heteroatoms. The summed E-state index contributed by atoms with van der Waals surface area (Å²) < 4.78 is 5.54. The number of halogens is 1. The Kier molecular flexibility index (Phi) is 6.61. The molecule has 1 aromatic heterocycles. The van der Waals surface area contributed by atoms with Crippen molar-refractivity contribution in [3.8, 4) is 0 Å². The molecule has 1 heterocycles. The number of nitrogens with one attached hydrogen (secondary N) is 1. The standard InChI is InChI=1S/C14H19BrN2O5/c1-4-8(2)12(14(20)21)16-11(18)7-17(3)13(19)9-5-6-10(15)22-9/h5-6,8,12H,4,7H2,1-3H3,(H,16,18)(H,20,21). The van der Waals surface area contributed by atoms with E-state index in [-0.39, 0.29) is 18.2 Å². The number of amides is 2. The molecule has 2 N–H and O–H groups in total. The second-order valence-corrected chi connectivity index (χ2v) is 5.82. The predicted octanol–water partition coefficient (Wildman–Crippen LogP) is 1.73. The van der Waals surface area contributed by atoms with Gasteiger partial charge in [0.2, 0.25) is 5.91 Å². The van der Waals surface area contributed by atoms with Crippen LogP contribution in [-0.4, -0.2) is 47.4 Å². The van der Waals surface area contributed by atoms with E-state index in [1.54, 1.807) is 13.0 Å². The molecule has 0 aliphatic heterocycles. The van der Waals surface area contributed by atoms with Crippen LogP contribution in [0.3, 0.4) is 0 Å². The van der Waals surface area contributed by atoms with E-state index in [2.05, 4.69) is 21.2 Å². The summed E-state index contributed by atoms with van der Waals surface area (Å²) in [6, 6.07) is 2.09. The number of carbonyl (C=O) groups excluding carboxylic acids is 2. The fraction of sp³-hybridized carbons (Fsp3) is 0.500. The van der Waals surface area contributed by atoms with Gasteiger partial charge in [-0.1, -0.05) is 20.3 Å².